The van der Waals surface area contributed by atoms with Crippen LogP contribution in [0, 0.1) is 21.8 Å². The summed E-state index contributed by atoms with van der Waals surface area (Å²) in [5.74, 6) is -1.82. The van der Waals surface area contributed by atoms with Gasteiger partial charge in [-0.2, -0.15) is 9.49 Å². The minimum absolute atomic E-state index is 0.0340. The molecule has 1 aliphatic heterocycles. The minimum Gasteiger partial charge on any atom is -0.324 e. The third kappa shape index (κ3) is 3.72. The maximum atomic E-state index is 13.5. The summed E-state index contributed by atoms with van der Waals surface area (Å²) in [6, 6.07) is 8.31. The molecule has 2 amide bonds. The van der Waals surface area contributed by atoms with Crippen molar-refractivity contribution in [2.45, 2.75) is 6.42 Å². The largest absolute Gasteiger partial charge is 0.324 e. The first-order chi connectivity index (χ1) is 14.4. The van der Waals surface area contributed by atoms with E-state index in [9.17, 15) is 24.1 Å². The molecule has 10 nitrogen and oxygen atoms in total. The highest BCUT2D eigenvalue weighted by atomic mass is 19.1. The first-order valence-corrected chi connectivity index (χ1v) is 8.93. The summed E-state index contributed by atoms with van der Waals surface area (Å²) in [6.45, 7) is 0.0340. The lowest BCUT2D eigenvalue weighted by molar-refractivity contribution is -0.387. The number of pyridine rings is 1. The minimum atomic E-state index is -0.990. The quantitative estimate of drug-likeness (QED) is 0.509. The van der Waals surface area contributed by atoms with Crippen molar-refractivity contribution in [1.29, 1.82) is 0 Å². The average Bonchev–Trinajstić information content (AvgIpc) is 3.39. The molecule has 3 aromatic rings. The van der Waals surface area contributed by atoms with Crippen LogP contribution in [0.4, 0.5) is 21.5 Å². The van der Waals surface area contributed by atoms with Gasteiger partial charge in [-0.1, -0.05) is 0 Å². The van der Waals surface area contributed by atoms with Crippen molar-refractivity contribution < 1.29 is 18.9 Å². The van der Waals surface area contributed by atoms with Gasteiger partial charge in [-0.15, -0.1) is 0 Å². The first-order valence-electron chi connectivity index (χ1n) is 8.93. The summed E-state index contributed by atoms with van der Waals surface area (Å²) in [7, 11) is 0. The predicted molar refractivity (Wildman–Crippen MR) is 104 cm³/mol. The predicted octanol–water partition coefficient (Wildman–Crippen LogP) is 2.31. The Morgan fingerprint density at radius 2 is 2.13 bits per heavy atom. The summed E-state index contributed by atoms with van der Waals surface area (Å²) in [5.41, 5.74) is -0.0931. The monoisotopic (exact) mass is 410 g/mol. The van der Waals surface area contributed by atoms with E-state index in [1.54, 1.807) is 35.3 Å². The van der Waals surface area contributed by atoms with Crippen LogP contribution in [-0.4, -0.2) is 38.0 Å². The maximum absolute atomic E-state index is 13.5. The highest BCUT2D eigenvalue weighted by molar-refractivity contribution is 6.03. The van der Waals surface area contributed by atoms with Crippen molar-refractivity contribution in [2.75, 3.05) is 16.8 Å². The molecule has 1 aliphatic rings. The molecule has 1 N–H and O–H groups in total. The van der Waals surface area contributed by atoms with Crippen LogP contribution in [0.25, 0.3) is 5.82 Å². The zero-order chi connectivity index (χ0) is 21.3. The third-order valence-corrected chi connectivity index (χ3v) is 4.69. The summed E-state index contributed by atoms with van der Waals surface area (Å²) in [4.78, 5) is 40.5. The van der Waals surface area contributed by atoms with Crippen molar-refractivity contribution in [3.8, 4) is 5.82 Å². The molecule has 11 heteroatoms. The first kappa shape index (κ1) is 19.2. The van der Waals surface area contributed by atoms with Crippen LogP contribution >= 0.6 is 0 Å². The van der Waals surface area contributed by atoms with E-state index in [0.717, 1.165) is 12.1 Å². The van der Waals surface area contributed by atoms with Crippen LogP contribution in [-0.2, 0) is 9.59 Å². The van der Waals surface area contributed by atoms with Crippen molar-refractivity contribution in [1.82, 2.24) is 14.8 Å². The SMILES string of the molecule is O=C(Nc1ccc(-n2cccn2)nc1)[C@H]1CC(=O)N(c2ccc(F)c([N+](=O)[O-])c2)C1. The summed E-state index contributed by atoms with van der Waals surface area (Å²) < 4.78 is 15.1. The molecule has 4 rings (SSSR count). The number of carbonyl (C=O) groups is 2. The number of nitrogens with zero attached hydrogens (tertiary/aromatic N) is 5. The number of nitrogens with one attached hydrogen (secondary N) is 1. The van der Waals surface area contributed by atoms with Crippen LogP contribution in [0.15, 0.2) is 55.0 Å². The van der Waals surface area contributed by atoms with E-state index < -0.39 is 22.3 Å². The Morgan fingerprint density at radius 1 is 1.30 bits per heavy atom. The van der Waals surface area contributed by atoms with Crippen molar-refractivity contribution in [3.63, 3.8) is 0 Å². The molecule has 1 fully saturated rings. The molecule has 2 aromatic heterocycles. The van der Waals surface area contributed by atoms with Gasteiger partial charge in [0.25, 0.3) is 0 Å². The number of rotatable bonds is 5. The summed E-state index contributed by atoms with van der Waals surface area (Å²) >= 11 is 0. The van der Waals surface area contributed by atoms with E-state index in [2.05, 4.69) is 15.4 Å². The fourth-order valence-corrected chi connectivity index (χ4v) is 3.19. The molecule has 152 valence electrons. The zero-order valence-corrected chi connectivity index (χ0v) is 15.4. The number of anilines is 2. The van der Waals surface area contributed by atoms with Crippen LogP contribution in [0.3, 0.4) is 0 Å². The average molecular weight is 410 g/mol. The summed E-state index contributed by atoms with van der Waals surface area (Å²) in [5, 5.41) is 17.7. The van der Waals surface area contributed by atoms with Gasteiger partial charge in [0.05, 0.1) is 28.4 Å². The fraction of sp³-hybridized carbons (Fsp3) is 0.158. The van der Waals surface area contributed by atoms with Crippen LogP contribution in [0.2, 0.25) is 0 Å². The Bertz CT molecular complexity index is 1120. The number of carbonyl (C=O) groups excluding carboxylic acids is 2. The van der Waals surface area contributed by atoms with Crippen molar-refractivity contribution >= 4 is 28.9 Å². The highest BCUT2D eigenvalue weighted by Gasteiger charge is 2.36. The van der Waals surface area contributed by atoms with E-state index in [1.165, 1.54) is 17.2 Å². The molecule has 3 heterocycles. The molecule has 0 aliphatic carbocycles. The maximum Gasteiger partial charge on any atom is 0.306 e. The Morgan fingerprint density at radius 3 is 2.80 bits per heavy atom. The number of hydrogen-bond donors (Lipinski definition) is 1. The zero-order valence-electron chi connectivity index (χ0n) is 15.4. The molecule has 0 saturated carbocycles. The lowest BCUT2D eigenvalue weighted by atomic mass is 10.1. The molecular weight excluding hydrogens is 395 g/mol. The molecular formula is C19H15FN6O4. The van der Waals surface area contributed by atoms with E-state index >= 15 is 0 Å². The van der Waals surface area contributed by atoms with Gasteiger partial charge in [-0.25, -0.2) is 9.67 Å². The van der Waals surface area contributed by atoms with E-state index in [1.807, 2.05) is 0 Å². The molecule has 1 saturated heterocycles. The second-order valence-electron chi connectivity index (χ2n) is 6.64. The normalized spacial score (nSPS) is 16.0. The highest BCUT2D eigenvalue weighted by Crippen LogP contribution is 2.30. The number of nitro groups is 1. The number of halogens is 1. The standard InChI is InChI=1S/C19H15FN6O4/c20-15-4-3-14(9-16(15)26(29)30)24-11-12(8-18(24)27)19(28)23-13-2-5-17(21-10-13)25-7-1-6-22-25/h1-7,9-10,12H,8,11H2,(H,23,28)/t12-/m0/s1. The Labute approximate surface area is 169 Å². The van der Waals surface area contributed by atoms with Crippen LogP contribution in [0.1, 0.15) is 6.42 Å². The Hall–Kier alpha value is -4.15. The van der Waals surface area contributed by atoms with Gasteiger partial charge in [-0.05, 0) is 30.3 Å². The van der Waals surface area contributed by atoms with Gasteiger partial charge in [0.2, 0.25) is 17.6 Å². The number of aromatic nitrogens is 3. The van der Waals surface area contributed by atoms with Crippen molar-refractivity contribution in [3.05, 3.63) is 70.9 Å². The van der Waals surface area contributed by atoms with Gasteiger partial charge in [-0.3, -0.25) is 19.7 Å². The van der Waals surface area contributed by atoms with Gasteiger partial charge in [0, 0.05) is 31.4 Å². The molecule has 1 atom stereocenters. The van der Waals surface area contributed by atoms with E-state index in [-0.39, 0.29) is 30.5 Å². The molecule has 0 bridgehead atoms. The molecule has 0 spiro atoms. The van der Waals surface area contributed by atoms with Gasteiger partial charge in [0.15, 0.2) is 5.82 Å². The van der Waals surface area contributed by atoms with E-state index in [0.29, 0.717) is 11.5 Å². The van der Waals surface area contributed by atoms with E-state index in [4.69, 9.17) is 0 Å². The van der Waals surface area contributed by atoms with Gasteiger partial charge in [0.1, 0.15) is 0 Å². The number of hydrogen-bond acceptors (Lipinski definition) is 6. The number of amides is 2. The van der Waals surface area contributed by atoms with Gasteiger partial charge >= 0.3 is 5.69 Å². The Kier molecular flexibility index (Phi) is 4.92. The number of nitro benzene ring substituents is 1. The Balaban J connectivity index is 1.44. The van der Waals surface area contributed by atoms with Crippen LogP contribution < -0.4 is 10.2 Å². The molecule has 0 unspecified atom stereocenters. The van der Waals surface area contributed by atoms with Gasteiger partial charge < -0.3 is 10.2 Å². The fourth-order valence-electron chi connectivity index (χ4n) is 3.19. The molecule has 0 radical (unpaired) electrons. The summed E-state index contributed by atoms with van der Waals surface area (Å²) in [6.07, 6.45) is 4.78. The van der Waals surface area contributed by atoms with Crippen LogP contribution in [0.5, 0.6) is 0 Å². The lowest BCUT2D eigenvalue weighted by Crippen LogP contribution is -2.28. The third-order valence-electron chi connectivity index (χ3n) is 4.69. The van der Waals surface area contributed by atoms with Crippen molar-refractivity contribution in [2.24, 2.45) is 5.92 Å². The second kappa shape index (κ2) is 7.70. The topological polar surface area (TPSA) is 123 Å². The number of benzene rings is 1. The molecule has 1 aromatic carbocycles. The smallest absolute Gasteiger partial charge is 0.306 e. The second-order valence-corrected chi connectivity index (χ2v) is 6.64. The lowest BCUT2D eigenvalue weighted by Gasteiger charge is -2.16. The molecule has 30 heavy (non-hydrogen) atoms.